The molecule has 132 valence electrons. The number of hydrogen-bond acceptors (Lipinski definition) is 4. The highest BCUT2D eigenvalue weighted by Gasteiger charge is 2.33. The molecule has 1 aliphatic rings. The van der Waals surface area contributed by atoms with Gasteiger partial charge in [-0.3, -0.25) is 9.59 Å². The zero-order chi connectivity index (χ0) is 18.0. The van der Waals surface area contributed by atoms with E-state index >= 15 is 0 Å². The van der Waals surface area contributed by atoms with Crippen molar-refractivity contribution in [2.45, 2.75) is 39.7 Å². The summed E-state index contributed by atoms with van der Waals surface area (Å²) in [7, 11) is 0. The molecule has 0 saturated carbocycles. The molecule has 3 rings (SSSR count). The summed E-state index contributed by atoms with van der Waals surface area (Å²) in [6, 6.07) is 8.88. The lowest BCUT2D eigenvalue weighted by atomic mass is 10.1. The van der Waals surface area contributed by atoms with Crippen LogP contribution in [0.2, 0.25) is 0 Å². The number of aryl methyl sites for hydroxylation is 1. The van der Waals surface area contributed by atoms with Crippen molar-refractivity contribution in [3.8, 4) is 0 Å². The van der Waals surface area contributed by atoms with E-state index < -0.39 is 0 Å². The molecule has 25 heavy (non-hydrogen) atoms. The van der Waals surface area contributed by atoms with Crippen molar-refractivity contribution in [1.29, 1.82) is 0 Å². The molecule has 2 aromatic rings. The second-order valence-electron chi connectivity index (χ2n) is 6.75. The van der Waals surface area contributed by atoms with Crippen LogP contribution < -0.4 is 5.32 Å². The first-order chi connectivity index (χ1) is 12.0. The van der Waals surface area contributed by atoms with E-state index in [2.05, 4.69) is 10.5 Å². The Morgan fingerprint density at radius 2 is 2.12 bits per heavy atom. The Balaban J connectivity index is 1.79. The molecule has 1 unspecified atom stereocenters. The van der Waals surface area contributed by atoms with Crippen molar-refractivity contribution < 1.29 is 14.1 Å². The summed E-state index contributed by atoms with van der Waals surface area (Å²) >= 11 is 0. The molecule has 0 radical (unpaired) electrons. The molecule has 1 aromatic carbocycles. The largest absolute Gasteiger partial charge is 0.359 e. The number of anilines is 1. The van der Waals surface area contributed by atoms with Gasteiger partial charge in [0, 0.05) is 29.8 Å². The lowest BCUT2D eigenvalue weighted by Crippen LogP contribution is -2.30. The van der Waals surface area contributed by atoms with Crippen LogP contribution in [0.5, 0.6) is 0 Å². The lowest BCUT2D eigenvalue weighted by molar-refractivity contribution is -0.118. The van der Waals surface area contributed by atoms with Crippen LogP contribution in [0, 0.1) is 12.8 Å². The van der Waals surface area contributed by atoms with Crippen LogP contribution in [0.25, 0.3) is 0 Å². The van der Waals surface area contributed by atoms with E-state index in [4.69, 9.17) is 4.52 Å². The van der Waals surface area contributed by atoms with Gasteiger partial charge in [0.1, 0.15) is 0 Å². The normalized spacial score (nSPS) is 17.1. The van der Waals surface area contributed by atoms with Gasteiger partial charge in [-0.1, -0.05) is 25.1 Å². The zero-order valence-electron chi connectivity index (χ0n) is 14.8. The van der Waals surface area contributed by atoms with Crippen molar-refractivity contribution in [2.24, 2.45) is 5.92 Å². The predicted molar refractivity (Wildman–Crippen MR) is 94.2 cm³/mol. The first kappa shape index (κ1) is 17.2. The fourth-order valence-electron chi connectivity index (χ4n) is 3.03. The van der Waals surface area contributed by atoms with Gasteiger partial charge in [0.2, 0.25) is 5.91 Å². The molecule has 2 amide bonds. The van der Waals surface area contributed by atoms with E-state index in [9.17, 15) is 9.59 Å². The standard InChI is InChI=1S/C19H23N3O3/c1-12(2)18(23)20-15-7-4-6-14(11-15)19(24)22-9-5-8-16(22)17-10-13(3)21-25-17/h4,6-7,10-12,16H,5,8-9H2,1-3H3,(H,20,23). The number of hydrogen-bond donors (Lipinski definition) is 1. The van der Waals surface area contributed by atoms with Crippen LogP contribution in [-0.2, 0) is 4.79 Å². The van der Waals surface area contributed by atoms with Crippen LogP contribution >= 0.6 is 0 Å². The van der Waals surface area contributed by atoms with Gasteiger partial charge in [-0.25, -0.2) is 0 Å². The van der Waals surface area contributed by atoms with E-state index in [-0.39, 0.29) is 23.8 Å². The number of benzene rings is 1. The fraction of sp³-hybridized carbons (Fsp3) is 0.421. The van der Waals surface area contributed by atoms with Gasteiger partial charge < -0.3 is 14.7 Å². The molecule has 0 spiro atoms. The molecule has 2 heterocycles. The third-order valence-electron chi connectivity index (χ3n) is 4.39. The number of nitrogens with one attached hydrogen (secondary N) is 1. The summed E-state index contributed by atoms with van der Waals surface area (Å²) in [4.78, 5) is 26.6. The Kier molecular flexibility index (Phi) is 4.88. The molecule has 1 fully saturated rings. The average molecular weight is 341 g/mol. The Labute approximate surface area is 147 Å². The van der Waals surface area contributed by atoms with Crippen LogP contribution in [-0.4, -0.2) is 28.4 Å². The number of amides is 2. The highest BCUT2D eigenvalue weighted by Crippen LogP contribution is 2.33. The third-order valence-corrected chi connectivity index (χ3v) is 4.39. The minimum Gasteiger partial charge on any atom is -0.359 e. The third kappa shape index (κ3) is 3.73. The van der Waals surface area contributed by atoms with Crippen molar-refractivity contribution in [2.75, 3.05) is 11.9 Å². The monoisotopic (exact) mass is 341 g/mol. The van der Waals surface area contributed by atoms with Gasteiger partial charge in [0.15, 0.2) is 5.76 Å². The van der Waals surface area contributed by atoms with Gasteiger partial charge in [-0.2, -0.15) is 0 Å². The van der Waals surface area contributed by atoms with Crippen LogP contribution in [0.15, 0.2) is 34.9 Å². The lowest BCUT2D eigenvalue weighted by Gasteiger charge is -2.23. The van der Waals surface area contributed by atoms with Crippen LogP contribution in [0.4, 0.5) is 5.69 Å². The molecule has 1 atom stereocenters. The van der Waals surface area contributed by atoms with Crippen molar-refractivity contribution in [1.82, 2.24) is 10.1 Å². The summed E-state index contributed by atoms with van der Waals surface area (Å²) in [5.74, 6) is 0.489. The molecule has 1 N–H and O–H groups in total. The molecular formula is C19H23N3O3. The number of likely N-dealkylation sites (tertiary alicyclic amines) is 1. The highest BCUT2D eigenvalue weighted by atomic mass is 16.5. The first-order valence-corrected chi connectivity index (χ1v) is 8.61. The van der Waals surface area contributed by atoms with E-state index in [0.29, 0.717) is 17.8 Å². The molecule has 0 aliphatic carbocycles. The predicted octanol–water partition coefficient (Wildman–Crippen LogP) is 3.55. The highest BCUT2D eigenvalue weighted by molar-refractivity contribution is 5.97. The number of carbonyl (C=O) groups excluding carboxylic acids is 2. The van der Waals surface area contributed by atoms with Crippen molar-refractivity contribution in [3.63, 3.8) is 0 Å². The van der Waals surface area contributed by atoms with Crippen LogP contribution in [0.3, 0.4) is 0 Å². The maximum absolute atomic E-state index is 13.0. The maximum Gasteiger partial charge on any atom is 0.254 e. The Bertz CT molecular complexity index is 782. The molecule has 1 saturated heterocycles. The van der Waals surface area contributed by atoms with E-state index in [1.54, 1.807) is 24.3 Å². The summed E-state index contributed by atoms with van der Waals surface area (Å²) in [5, 5.41) is 6.77. The maximum atomic E-state index is 13.0. The number of aromatic nitrogens is 1. The summed E-state index contributed by atoms with van der Waals surface area (Å²) in [5.41, 5.74) is 2.01. The van der Waals surface area contributed by atoms with Crippen LogP contribution in [0.1, 0.15) is 54.5 Å². The van der Waals surface area contributed by atoms with Crippen molar-refractivity contribution in [3.05, 3.63) is 47.3 Å². The first-order valence-electron chi connectivity index (χ1n) is 8.61. The molecule has 1 aromatic heterocycles. The summed E-state index contributed by atoms with van der Waals surface area (Å²) in [6.45, 7) is 6.22. The van der Waals surface area contributed by atoms with Gasteiger partial charge in [0.05, 0.1) is 11.7 Å². The Morgan fingerprint density at radius 1 is 1.32 bits per heavy atom. The molecule has 6 heteroatoms. The van der Waals surface area contributed by atoms with Gasteiger partial charge in [-0.15, -0.1) is 0 Å². The fourth-order valence-corrected chi connectivity index (χ4v) is 3.03. The van der Waals surface area contributed by atoms with E-state index in [0.717, 1.165) is 24.3 Å². The molecule has 0 bridgehead atoms. The molecule has 1 aliphatic heterocycles. The summed E-state index contributed by atoms with van der Waals surface area (Å²) < 4.78 is 5.37. The minimum atomic E-state index is -0.114. The number of carbonyl (C=O) groups is 2. The zero-order valence-corrected chi connectivity index (χ0v) is 14.8. The smallest absolute Gasteiger partial charge is 0.254 e. The van der Waals surface area contributed by atoms with E-state index in [1.165, 1.54) is 0 Å². The molecule has 6 nitrogen and oxygen atoms in total. The van der Waals surface area contributed by atoms with Gasteiger partial charge >= 0.3 is 0 Å². The average Bonchev–Trinajstić information content (AvgIpc) is 3.22. The molecular weight excluding hydrogens is 318 g/mol. The second kappa shape index (κ2) is 7.09. The van der Waals surface area contributed by atoms with Crippen molar-refractivity contribution >= 4 is 17.5 Å². The number of nitrogens with zero attached hydrogens (tertiary/aromatic N) is 2. The Morgan fingerprint density at radius 3 is 2.80 bits per heavy atom. The van der Waals surface area contributed by atoms with E-state index in [1.807, 2.05) is 31.7 Å². The Hall–Kier alpha value is -2.63. The quantitative estimate of drug-likeness (QED) is 0.922. The van der Waals surface area contributed by atoms with Gasteiger partial charge in [0.25, 0.3) is 5.91 Å². The van der Waals surface area contributed by atoms with Gasteiger partial charge in [-0.05, 0) is 38.0 Å². The second-order valence-corrected chi connectivity index (χ2v) is 6.75. The SMILES string of the molecule is Cc1cc(C2CCCN2C(=O)c2cccc(NC(=O)C(C)C)c2)on1. The number of rotatable bonds is 4. The summed E-state index contributed by atoms with van der Waals surface area (Å²) in [6.07, 6.45) is 1.80. The minimum absolute atomic E-state index is 0.0581. The topological polar surface area (TPSA) is 75.4 Å².